The number of rotatable bonds is 7. The molecule has 0 radical (unpaired) electrons. The lowest BCUT2D eigenvalue weighted by Crippen LogP contribution is -2.35. The molecule has 3 heterocycles. The fourth-order valence-corrected chi connectivity index (χ4v) is 8.88. The van der Waals surface area contributed by atoms with Crippen LogP contribution in [0.4, 0.5) is 0 Å². The molecule has 11 rings (SSSR count). The van der Waals surface area contributed by atoms with Gasteiger partial charge in [-0.3, -0.25) is 4.57 Å². The summed E-state index contributed by atoms with van der Waals surface area (Å²) in [7, 11) is 0. The summed E-state index contributed by atoms with van der Waals surface area (Å²) in [5.74, 6) is 0.783. The van der Waals surface area contributed by atoms with E-state index < -0.39 is 0 Å². The van der Waals surface area contributed by atoms with Crippen molar-refractivity contribution < 1.29 is 0 Å². The number of para-hydroxylation sites is 2. The summed E-state index contributed by atoms with van der Waals surface area (Å²) in [6, 6.07) is 79.3. The highest BCUT2D eigenvalue weighted by Gasteiger charge is 2.27. The zero-order valence-electron chi connectivity index (χ0n) is 33.4. The van der Waals surface area contributed by atoms with Gasteiger partial charge in [-0.2, -0.15) is 0 Å². The molecule has 1 unspecified atom stereocenters. The molecule has 4 nitrogen and oxygen atoms in total. The maximum atomic E-state index is 5.65. The van der Waals surface area contributed by atoms with Gasteiger partial charge in [-0.1, -0.05) is 206 Å². The van der Waals surface area contributed by atoms with Gasteiger partial charge in [-0.05, 0) is 46.5 Å². The van der Waals surface area contributed by atoms with E-state index in [1.165, 1.54) is 10.8 Å². The van der Waals surface area contributed by atoms with Gasteiger partial charge >= 0.3 is 0 Å². The van der Waals surface area contributed by atoms with E-state index in [9.17, 15) is 0 Å². The Hall–Kier alpha value is -8.08. The quantitative estimate of drug-likeness (QED) is 0.175. The molecule has 61 heavy (non-hydrogen) atoms. The number of pyridine rings is 1. The second-order valence-corrected chi connectivity index (χ2v) is 15.4. The molecule has 1 aliphatic heterocycles. The van der Waals surface area contributed by atoms with Crippen molar-refractivity contribution in [2.24, 2.45) is 4.99 Å². The smallest absolute Gasteiger partial charge is 0.209 e. The monoisotopic (exact) mass is 780 g/mol. The molecule has 0 amide bonds. The fraction of sp³-hybridized carbons (Fsp3) is 0.0175. The second kappa shape index (κ2) is 15.6. The van der Waals surface area contributed by atoms with Crippen LogP contribution in [0.3, 0.4) is 0 Å². The number of nitrogens with one attached hydrogen (secondary N) is 1. The maximum absolute atomic E-state index is 5.65. The van der Waals surface area contributed by atoms with Gasteiger partial charge in [0.2, 0.25) is 5.96 Å². The van der Waals surface area contributed by atoms with Crippen LogP contribution in [0, 0.1) is 0 Å². The third kappa shape index (κ3) is 6.61. The summed E-state index contributed by atoms with van der Waals surface area (Å²) in [4.78, 5) is 11.2. The van der Waals surface area contributed by atoms with Crippen molar-refractivity contribution in [3.05, 3.63) is 242 Å². The predicted molar refractivity (Wildman–Crippen MR) is 254 cm³/mol. The highest BCUT2D eigenvalue weighted by Crippen LogP contribution is 2.49. The van der Waals surface area contributed by atoms with E-state index >= 15 is 0 Å². The van der Waals surface area contributed by atoms with Crippen molar-refractivity contribution in [3.8, 4) is 55.9 Å². The number of nitrogens with zero attached hydrogens (tertiary/aromatic N) is 3. The largest absolute Gasteiger partial charge is 0.345 e. The first-order chi connectivity index (χ1) is 30.3. The second-order valence-electron chi connectivity index (χ2n) is 15.4. The number of aromatic nitrogens is 2. The van der Waals surface area contributed by atoms with E-state index in [1.807, 2.05) is 0 Å². The molecule has 0 saturated carbocycles. The Balaban J connectivity index is 1.20. The fourth-order valence-electron chi connectivity index (χ4n) is 8.88. The Bertz CT molecular complexity index is 3090. The molecule has 1 atom stereocenters. The first-order valence-electron chi connectivity index (χ1n) is 20.8. The highest BCUT2D eigenvalue weighted by atomic mass is 15.2. The molecular weight excluding hydrogens is 741 g/mol. The van der Waals surface area contributed by atoms with E-state index in [-0.39, 0.29) is 6.04 Å². The van der Waals surface area contributed by atoms with Gasteiger partial charge in [0, 0.05) is 44.2 Å². The minimum atomic E-state index is -0.123. The van der Waals surface area contributed by atoms with E-state index in [0.717, 1.165) is 89.7 Å². The first-order valence-corrected chi connectivity index (χ1v) is 20.8. The zero-order chi connectivity index (χ0) is 40.5. The van der Waals surface area contributed by atoms with E-state index in [1.54, 1.807) is 0 Å². The van der Waals surface area contributed by atoms with Crippen molar-refractivity contribution in [1.29, 1.82) is 0 Å². The van der Waals surface area contributed by atoms with Crippen LogP contribution in [0.25, 0.3) is 83.4 Å². The van der Waals surface area contributed by atoms with Crippen LogP contribution < -0.4 is 5.32 Å². The molecule has 10 aromatic rings. The molecule has 2 aromatic heterocycles. The van der Waals surface area contributed by atoms with Gasteiger partial charge in [0.25, 0.3) is 0 Å². The van der Waals surface area contributed by atoms with Gasteiger partial charge < -0.3 is 5.32 Å². The lowest BCUT2D eigenvalue weighted by Gasteiger charge is -2.26. The lowest BCUT2D eigenvalue weighted by atomic mass is 9.83. The minimum Gasteiger partial charge on any atom is -0.345 e. The van der Waals surface area contributed by atoms with Crippen molar-refractivity contribution in [2.45, 2.75) is 6.04 Å². The summed E-state index contributed by atoms with van der Waals surface area (Å²) in [5, 5.41) is 6.23. The molecule has 0 spiro atoms. The highest BCUT2D eigenvalue weighted by molar-refractivity contribution is 6.14. The third-order valence-corrected chi connectivity index (χ3v) is 11.6. The molecule has 0 aliphatic carbocycles. The van der Waals surface area contributed by atoms with Gasteiger partial charge in [0.1, 0.15) is 0 Å². The summed E-state index contributed by atoms with van der Waals surface area (Å²) in [6.45, 7) is 0. The molecule has 0 saturated heterocycles. The molecule has 4 heteroatoms. The predicted octanol–water partition coefficient (Wildman–Crippen LogP) is 14.1. The van der Waals surface area contributed by atoms with Gasteiger partial charge in [-0.15, -0.1) is 0 Å². The number of hydrogen-bond donors (Lipinski definition) is 1. The van der Waals surface area contributed by atoms with Crippen LogP contribution in [-0.2, 0) is 0 Å². The van der Waals surface area contributed by atoms with E-state index in [0.29, 0.717) is 0 Å². The van der Waals surface area contributed by atoms with E-state index in [4.69, 9.17) is 9.98 Å². The third-order valence-electron chi connectivity index (χ3n) is 11.6. The van der Waals surface area contributed by atoms with Crippen LogP contribution in [0.1, 0.15) is 17.2 Å². The standard InChI is InChI=1S/C57H40N4/c1-6-21-39(22-7-1)48-38-49(59-57(58-48)61-50-35-18-16-33-46(50)47-34-17-19-36-51(47)61)44-31-20-32-45(37-44)52-53(40-23-8-2-9-24-40)55(42-27-12-4-13-28-42)60-56(43-29-14-5-15-30-43)54(52)41-25-10-3-11-26-41/h1-38,48H,(H,58,59). The Morgan fingerprint density at radius 3 is 1.33 bits per heavy atom. The van der Waals surface area contributed by atoms with Crippen molar-refractivity contribution >= 4 is 33.5 Å². The molecular formula is C57H40N4. The Kier molecular flexibility index (Phi) is 9.21. The van der Waals surface area contributed by atoms with Crippen LogP contribution in [0.5, 0.6) is 0 Å². The van der Waals surface area contributed by atoms with Crippen LogP contribution in [0.2, 0.25) is 0 Å². The average Bonchev–Trinajstić information content (AvgIpc) is 3.69. The van der Waals surface area contributed by atoms with Crippen LogP contribution in [-0.4, -0.2) is 15.5 Å². The van der Waals surface area contributed by atoms with Gasteiger partial charge in [0.15, 0.2) is 0 Å². The van der Waals surface area contributed by atoms with Crippen molar-refractivity contribution in [1.82, 2.24) is 14.9 Å². The number of hydrogen-bond acceptors (Lipinski definition) is 3. The topological polar surface area (TPSA) is 42.2 Å². The van der Waals surface area contributed by atoms with Gasteiger partial charge in [0.05, 0.1) is 34.2 Å². The Morgan fingerprint density at radius 1 is 0.377 bits per heavy atom. The zero-order valence-corrected chi connectivity index (χ0v) is 33.4. The summed E-state index contributed by atoms with van der Waals surface area (Å²) < 4.78 is 2.28. The normalized spacial score (nSPS) is 13.7. The molecule has 1 aliphatic rings. The summed E-state index contributed by atoms with van der Waals surface area (Å²) in [5.41, 5.74) is 15.8. The number of benzene rings is 8. The van der Waals surface area contributed by atoms with Crippen molar-refractivity contribution in [2.75, 3.05) is 0 Å². The Morgan fingerprint density at radius 2 is 0.803 bits per heavy atom. The average molecular weight is 781 g/mol. The Labute approximate surface area is 355 Å². The van der Waals surface area contributed by atoms with Crippen LogP contribution >= 0.6 is 0 Å². The maximum Gasteiger partial charge on any atom is 0.209 e. The molecule has 288 valence electrons. The number of aliphatic imine (C=N–C) groups is 1. The molecule has 8 aromatic carbocycles. The number of fused-ring (bicyclic) bond motifs is 3. The van der Waals surface area contributed by atoms with Gasteiger partial charge in [-0.25, -0.2) is 9.98 Å². The summed E-state index contributed by atoms with van der Waals surface area (Å²) >= 11 is 0. The minimum absolute atomic E-state index is 0.123. The lowest BCUT2D eigenvalue weighted by molar-refractivity contribution is 0.760. The SMILES string of the molecule is C1=C(c2cccc(-c3c(-c4ccccc4)c(-c4ccccc4)nc(-c4ccccc4)c3-c3ccccc3)c2)N=C(n2c3ccccc3c3ccccc32)NC1c1ccccc1. The molecule has 1 N–H and O–H groups in total. The molecule has 0 fully saturated rings. The first kappa shape index (κ1) is 36.0. The summed E-state index contributed by atoms with van der Waals surface area (Å²) in [6.07, 6.45) is 2.26. The van der Waals surface area contributed by atoms with Crippen LogP contribution in [0.15, 0.2) is 236 Å². The van der Waals surface area contributed by atoms with Crippen molar-refractivity contribution in [3.63, 3.8) is 0 Å². The molecule has 0 bridgehead atoms. The van der Waals surface area contributed by atoms with E-state index in [2.05, 4.69) is 240 Å².